The second-order valence-electron chi connectivity index (χ2n) is 4.62. The molecular formula is C12H22O2. The zero-order valence-electron chi connectivity index (χ0n) is 9.85. The summed E-state index contributed by atoms with van der Waals surface area (Å²) in [6.45, 7) is 12.1. The third-order valence-electron chi connectivity index (χ3n) is 2.15. The molecule has 82 valence electrons. The zero-order valence-corrected chi connectivity index (χ0v) is 9.85. The molecule has 0 unspecified atom stereocenters. The van der Waals surface area contributed by atoms with E-state index in [0.29, 0.717) is 12.2 Å². The highest BCUT2D eigenvalue weighted by Gasteiger charge is 2.19. The molecule has 0 aromatic rings. The summed E-state index contributed by atoms with van der Waals surface area (Å²) in [6.07, 6.45) is 3.45. The minimum absolute atomic E-state index is 0.0844. The van der Waals surface area contributed by atoms with E-state index in [1.165, 1.54) is 12.8 Å². The van der Waals surface area contributed by atoms with Gasteiger partial charge in [-0.3, -0.25) is 0 Å². The van der Waals surface area contributed by atoms with Crippen molar-refractivity contribution in [2.45, 2.75) is 47.0 Å². The molecule has 0 rings (SSSR count). The van der Waals surface area contributed by atoms with E-state index >= 15 is 0 Å². The quantitative estimate of drug-likeness (QED) is 0.483. The van der Waals surface area contributed by atoms with Gasteiger partial charge in [0.1, 0.15) is 0 Å². The Balaban J connectivity index is 3.86. The predicted octanol–water partition coefficient (Wildman–Crippen LogP) is 3.32. The molecule has 0 heterocycles. The van der Waals surface area contributed by atoms with E-state index in [1.807, 2.05) is 0 Å². The van der Waals surface area contributed by atoms with Crippen molar-refractivity contribution in [3.8, 4) is 0 Å². The number of unbranched alkanes of at least 4 members (excludes halogenated alkanes) is 1. The molecule has 14 heavy (non-hydrogen) atoms. The van der Waals surface area contributed by atoms with Crippen molar-refractivity contribution in [2.75, 3.05) is 6.61 Å². The Labute approximate surface area is 87.3 Å². The van der Waals surface area contributed by atoms with Crippen LogP contribution in [0.4, 0.5) is 0 Å². The summed E-state index contributed by atoms with van der Waals surface area (Å²) in [4.78, 5) is 11.1. The maximum absolute atomic E-state index is 11.1. The molecule has 0 aliphatic carbocycles. The van der Waals surface area contributed by atoms with Crippen LogP contribution in [0.1, 0.15) is 47.0 Å². The maximum atomic E-state index is 11.1. The largest absolute Gasteiger partial charge is 0.462 e. The molecule has 0 spiro atoms. The molecule has 0 radical (unpaired) electrons. The second-order valence-corrected chi connectivity index (χ2v) is 4.62. The summed E-state index contributed by atoms with van der Waals surface area (Å²) in [5, 5.41) is 0. The smallest absolute Gasteiger partial charge is 0.333 e. The van der Waals surface area contributed by atoms with Crippen molar-refractivity contribution in [3.63, 3.8) is 0 Å². The second kappa shape index (κ2) is 5.84. The molecule has 2 nitrogen and oxygen atoms in total. The summed E-state index contributed by atoms with van der Waals surface area (Å²) in [7, 11) is 0. The number of rotatable bonds is 6. The van der Waals surface area contributed by atoms with Crippen LogP contribution >= 0.6 is 0 Å². The first kappa shape index (κ1) is 13.2. The van der Waals surface area contributed by atoms with Crippen LogP contribution in [-0.4, -0.2) is 12.6 Å². The van der Waals surface area contributed by atoms with E-state index in [4.69, 9.17) is 4.74 Å². The van der Waals surface area contributed by atoms with Crippen LogP contribution in [0.25, 0.3) is 0 Å². The maximum Gasteiger partial charge on any atom is 0.333 e. The van der Waals surface area contributed by atoms with Gasteiger partial charge in [-0.05, 0) is 18.8 Å². The van der Waals surface area contributed by atoms with Crippen molar-refractivity contribution >= 4 is 5.97 Å². The highest BCUT2D eigenvalue weighted by molar-refractivity contribution is 5.86. The van der Waals surface area contributed by atoms with Gasteiger partial charge in [-0.1, -0.05) is 40.2 Å². The van der Waals surface area contributed by atoms with Gasteiger partial charge in [0.2, 0.25) is 0 Å². The number of carbonyl (C=O) groups is 1. The van der Waals surface area contributed by atoms with Crippen molar-refractivity contribution in [1.82, 2.24) is 0 Å². The van der Waals surface area contributed by atoms with Gasteiger partial charge in [0.25, 0.3) is 0 Å². The molecule has 2 heteroatoms. The standard InChI is InChI=1S/C12H22O2/c1-6-7-8-12(4,5)9-14-11(13)10(2)3/h2,6-9H2,1,3-5H3. The predicted molar refractivity (Wildman–Crippen MR) is 59.1 cm³/mol. The van der Waals surface area contributed by atoms with Crippen LogP contribution in [0.2, 0.25) is 0 Å². The third kappa shape index (κ3) is 5.79. The number of ether oxygens (including phenoxy) is 1. The molecule has 0 saturated heterocycles. The van der Waals surface area contributed by atoms with Gasteiger partial charge < -0.3 is 4.74 Å². The summed E-state index contributed by atoms with van der Waals surface area (Å²) in [5.41, 5.74) is 0.553. The lowest BCUT2D eigenvalue weighted by Gasteiger charge is -2.23. The van der Waals surface area contributed by atoms with Crippen molar-refractivity contribution in [3.05, 3.63) is 12.2 Å². The number of esters is 1. The minimum atomic E-state index is -0.283. The Morgan fingerprint density at radius 2 is 2.00 bits per heavy atom. The van der Waals surface area contributed by atoms with Gasteiger partial charge >= 0.3 is 5.97 Å². The molecule has 0 aliphatic rings. The average molecular weight is 198 g/mol. The van der Waals surface area contributed by atoms with E-state index in [2.05, 4.69) is 27.4 Å². The Hall–Kier alpha value is -0.790. The van der Waals surface area contributed by atoms with Crippen LogP contribution in [-0.2, 0) is 9.53 Å². The van der Waals surface area contributed by atoms with E-state index < -0.39 is 0 Å². The van der Waals surface area contributed by atoms with E-state index in [1.54, 1.807) is 6.92 Å². The highest BCUT2D eigenvalue weighted by Crippen LogP contribution is 2.23. The molecule has 0 fully saturated rings. The van der Waals surface area contributed by atoms with Gasteiger partial charge in [-0.2, -0.15) is 0 Å². The molecular weight excluding hydrogens is 176 g/mol. The molecule has 0 amide bonds. The SMILES string of the molecule is C=C(C)C(=O)OCC(C)(C)CCCC. The van der Waals surface area contributed by atoms with Gasteiger partial charge in [-0.25, -0.2) is 4.79 Å². The van der Waals surface area contributed by atoms with Gasteiger partial charge in [0, 0.05) is 5.57 Å². The summed E-state index contributed by atoms with van der Waals surface area (Å²) < 4.78 is 5.13. The Kier molecular flexibility index (Phi) is 5.51. The summed E-state index contributed by atoms with van der Waals surface area (Å²) in [6, 6.07) is 0. The zero-order chi connectivity index (χ0) is 11.2. The molecule has 0 bridgehead atoms. The lowest BCUT2D eigenvalue weighted by atomic mass is 9.88. The lowest BCUT2D eigenvalue weighted by Crippen LogP contribution is -2.22. The van der Waals surface area contributed by atoms with Crippen molar-refractivity contribution < 1.29 is 9.53 Å². The van der Waals surface area contributed by atoms with Crippen LogP contribution in [0.3, 0.4) is 0 Å². The average Bonchev–Trinajstić information content (AvgIpc) is 2.11. The number of carbonyl (C=O) groups excluding carboxylic acids is 1. The monoisotopic (exact) mass is 198 g/mol. The van der Waals surface area contributed by atoms with E-state index in [-0.39, 0.29) is 11.4 Å². The van der Waals surface area contributed by atoms with Crippen LogP contribution in [0.15, 0.2) is 12.2 Å². The highest BCUT2D eigenvalue weighted by atomic mass is 16.5. The fourth-order valence-electron chi connectivity index (χ4n) is 1.11. The lowest BCUT2D eigenvalue weighted by molar-refractivity contribution is -0.142. The summed E-state index contributed by atoms with van der Waals surface area (Å²) in [5.74, 6) is -0.283. The van der Waals surface area contributed by atoms with Crippen LogP contribution in [0.5, 0.6) is 0 Å². The number of hydrogen-bond acceptors (Lipinski definition) is 2. The van der Waals surface area contributed by atoms with Gasteiger partial charge in [0.05, 0.1) is 6.61 Å². The van der Waals surface area contributed by atoms with Crippen molar-refractivity contribution in [1.29, 1.82) is 0 Å². The molecule has 0 aromatic carbocycles. The molecule has 0 atom stereocenters. The first-order valence-corrected chi connectivity index (χ1v) is 5.21. The first-order valence-electron chi connectivity index (χ1n) is 5.21. The fourth-order valence-corrected chi connectivity index (χ4v) is 1.11. The fraction of sp³-hybridized carbons (Fsp3) is 0.750. The van der Waals surface area contributed by atoms with Crippen LogP contribution in [0, 0.1) is 5.41 Å². The Bertz CT molecular complexity index is 204. The van der Waals surface area contributed by atoms with E-state index in [9.17, 15) is 4.79 Å². The molecule has 0 aliphatic heterocycles. The van der Waals surface area contributed by atoms with E-state index in [0.717, 1.165) is 6.42 Å². The Morgan fingerprint density at radius 1 is 1.43 bits per heavy atom. The van der Waals surface area contributed by atoms with Crippen LogP contribution < -0.4 is 0 Å². The normalized spacial score (nSPS) is 11.1. The molecule has 0 saturated carbocycles. The third-order valence-corrected chi connectivity index (χ3v) is 2.15. The molecule has 0 aromatic heterocycles. The molecule has 0 N–H and O–H groups in total. The number of hydrogen-bond donors (Lipinski definition) is 0. The minimum Gasteiger partial charge on any atom is -0.462 e. The van der Waals surface area contributed by atoms with Crippen molar-refractivity contribution in [2.24, 2.45) is 5.41 Å². The van der Waals surface area contributed by atoms with Gasteiger partial charge in [0.15, 0.2) is 0 Å². The first-order chi connectivity index (χ1) is 6.39. The summed E-state index contributed by atoms with van der Waals surface area (Å²) >= 11 is 0. The Morgan fingerprint density at radius 3 is 2.43 bits per heavy atom. The van der Waals surface area contributed by atoms with Gasteiger partial charge in [-0.15, -0.1) is 0 Å². The topological polar surface area (TPSA) is 26.3 Å².